The first-order valence-corrected chi connectivity index (χ1v) is 5.65. The summed E-state index contributed by atoms with van der Waals surface area (Å²) in [6.45, 7) is 4.24. The van der Waals surface area contributed by atoms with E-state index in [1.54, 1.807) is 0 Å². The zero-order valence-corrected chi connectivity index (χ0v) is 11.2. The molecule has 1 aromatic rings. The lowest BCUT2D eigenvalue weighted by molar-refractivity contribution is 0.646. The van der Waals surface area contributed by atoms with E-state index in [1.165, 1.54) is 0 Å². The molecule has 0 aromatic carbocycles. The summed E-state index contributed by atoms with van der Waals surface area (Å²) in [7, 11) is 5.71. The Hall–Kier alpha value is -1.10. The van der Waals surface area contributed by atoms with E-state index in [0.29, 0.717) is 17.9 Å². The molecule has 90 valence electrons. The topological polar surface area (TPSA) is 45.2 Å². The summed E-state index contributed by atoms with van der Waals surface area (Å²) >= 11 is 5.87. The molecule has 0 aliphatic heterocycles. The predicted molar refractivity (Wildman–Crippen MR) is 67.3 cm³/mol. The molecule has 0 aliphatic rings. The van der Waals surface area contributed by atoms with Gasteiger partial charge in [-0.25, -0.2) is 0 Å². The quantitative estimate of drug-likeness (QED) is 0.807. The molecule has 0 spiro atoms. The van der Waals surface area contributed by atoms with Gasteiger partial charge in [-0.2, -0.15) is 15.0 Å². The van der Waals surface area contributed by atoms with Gasteiger partial charge in [-0.3, -0.25) is 0 Å². The van der Waals surface area contributed by atoms with Crippen LogP contribution < -0.4 is 9.80 Å². The van der Waals surface area contributed by atoms with E-state index in [9.17, 15) is 0 Å². The number of hydrogen-bond donors (Lipinski definition) is 0. The third-order valence-electron chi connectivity index (χ3n) is 2.55. The molecule has 1 aromatic heterocycles. The molecular weight excluding hydrogens is 226 g/mol. The lowest BCUT2D eigenvalue weighted by Gasteiger charge is -2.24. The Labute approximate surface area is 101 Å². The van der Waals surface area contributed by atoms with Crippen LogP contribution in [0.4, 0.5) is 11.9 Å². The smallest absolute Gasteiger partial charge is 0.231 e. The Bertz CT molecular complexity index is 355. The van der Waals surface area contributed by atoms with Crippen LogP contribution in [-0.4, -0.2) is 42.1 Å². The van der Waals surface area contributed by atoms with E-state index < -0.39 is 0 Å². The Balaban J connectivity index is 3.04. The van der Waals surface area contributed by atoms with Crippen molar-refractivity contribution in [2.45, 2.75) is 26.3 Å². The second-order valence-electron chi connectivity index (χ2n) is 3.97. The SMILES string of the molecule is CCC(C)N(C)c1nc(Cl)nc(N(C)C)n1. The Kier molecular flexibility index (Phi) is 4.29. The van der Waals surface area contributed by atoms with E-state index in [2.05, 4.69) is 28.8 Å². The summed E-state index contributed by atoms with van der Waals surface area (Å²) in [4.78, 5) is 16.3. The van der Waals surface area contributed by atoms with Gasteiger partial charge in [-0.05, 0) is 24.9 Å². The Morgan fingerprint density at radius 2 is 1.69 bits per heavy atom. The second kappa shape index (κ2) is 5.30. The first-order valence-electron chi connectivity index (χ1n) is 5.27. The van der Waals surface area contributed by atoms with Crippen LogP contribution in [0.2, 0.25) is 5.28 Å². The molecule has 1 atom stereocenters. The van der Waals surface area contributed by atoms with Gasteiger partial charge >= 0.3 is 0 Å². The van der Waals surface area contributed by atoms with Crippen LogP contribution >= 0.6 is 11.6 Å². The Morgan fingerprint density at radius 1 is 1.12 bits per heavy atom. The average Bonchev–Trinajstić information content (AvgIpc) is 2.26. The minimum absolute atomic E-state index is 0.226. The van der Waals surface area contributed by atoms with Crippen LogP contribution in [0.3, 0.4) is 0 Å². The number of aromatic nitrogens is 3. The molecule has 0 radical (unpaired) electrons. The van der Waals surface area contributed by atoms with Gasteiger partial charge < -0.3 is 9.80 Å². The molecule has 5 nitrogen and oxygen atoms in total. The number of hydrogen-bond acceptors (Lipinski definition) is 5. The third kappa shape index (κ3) is 2.95. The molecule has 0 N–H and O–H groups in total. The average molecular weight is 244 g/mol. The standard InChI is InChI=1S/C10H18ClN5/c1-6-7(2)16(5)10-13-8(11)12-9(14-10)15(3)4/h7H,6H2,1-5H3. The van der Waals surface area contributed by atoms with Crippen molar-refractivity contribution < 1.29 is 0 Å². The van der Waals surface area contributed by atoms with Crippen LogP contribution in [0.5, 0.6) is 0 Å². The lowest BCUT2D eigenvalue weighted by Crippen LogP contribution is -2.30. The highest BCUT2D eigenvalue weighted by Crippen LogP contribution is 2.16. The molecule has 0 amide bonds. The van der Waals surface area contributed by atoms with Gasteiger partial charge in [0.25, 0.3) is 0 Å². The minimum Gasteiger partial charge on any atom is -0.347 e. The highest BCUT2D eigenvalue weighted by atomic mass is 35.5. The summed E-state index contributed by atoms with van der Waals surface area (Å²) in [5, 5.41) is 0.226. The second-order valence-corrected chi connectivity index (χ2v) is 4.31. The van der Waals surface area contributed by atoms with Crippen molar-refractivity contribution in [2.24, 2.45) is 0 Å². The lowest BCUT2D eigenvalue weighted by atomic mass is 10.2. The highest BCUT2D eigenvalue weighted by molar-refractivity contribution is 6.28. The van der Waals surface area contributed by atoms with Gasteiger partial charge in [0.2, 0.25) is 17.2 Å². The van der Waals surface area contributed by atoms with Crippen molar-refractivity contribution in [3.8, 4) is 0 Å². The number of rotatable bonds is 4. The maximum Gasteiger partial charge on any atom is 0.231 e. The fourth-order valence-corrected chi connectivity index (χ4v) is 1.31. The molecule has 0 bridgehead atoms. The van der Waals surface area contributed by atoms with E-state index in [1.807, 2.05) is 30.9 Å². The Morgan fingerprint density at radius 3 is 2.19 bits per heavy atom. The van der Waals surface area contributed by atoms with E-state index in [0.717, 1.165) is 6.42 Å². The molecule has 1 heterocycles. The van der Waals surface area contributed by atoms with Gasteiger partial charge in [0.05, 0.1) is 0 Å². The van der Waals surface area contributed by atoms with Crippen LogP contribution in [0.1, 0.15) is 20.3 Å². The fraction of sp³-hybridized carbons (Fsp3) is 0.700. The van der Waals surface area contributed by atoms with Crippen molar-refractivity contribution >= 4 is 23.5 Å². The molecule has 1 rings (SSSR count). The molecule has 6 heteroatoms. The van der Waals surface area contributed by atoms with Crippen LogP contribution in [0.15, 0.2) is 0 Å². The number of nitrogens with zero attached hydrogens (tertiary/aromatic N) is 5. The molecule has 0 aliphatic carbocycles. The monoisotopic (exact) mass is 243 g/mol. The molecule has 0 fully saturated rings. The predicted octanol–water partition coefficient (Wildman–Crippen LogP) is 1.83. The van der Waals surface area contributed by atoms with Crippen LogP contribution in [0, 0.1) is 0 Å². The summed E-state index contributed by atoms with van der Waals surface area (Å²) in [5.41, 5.74) is 0. The largest absolute Gasteiger partial charge is 0.347 e. The van der Waals surface area contributed by atoms with Crippen LogP contribution in [-0.2, 0) is 0 Å². The van der Waals surface area contributed by atoms with Crippen molar-refractivity contribution in [2.75, 3.05) is 30.9 Å². The zero-order valence-electron chi connectivity index (χ0n) is 10.4. The normalized spacial score (nSPS) is 12.4. The number of anilines is 2. The fourth-order valence-electron chi connectivity index (χ4n) is 1.16. The van der Waals surface area contributed by atoms with Gasteiger partial charge in [0.1, 0.15) is 0 Å². The highest BCUT2D eigenvalue weighted by Gasteiger charge is 2.14. The molecule has 1 unspecified atom stereocenters. The molecule has 16 heavy (non-hydrogen) atoms. The van der Waals surface area contributed by atoms with E-state index in [-0.39, 0.29) is 5.28 Å². The van der Waals surface area contributed by atoms with E-state index >= 15 is 0 Å². The van der Waals surface area contributed by atoms with Gasteiger partial charge in [-0.15, -0.1) is 0 Å². The summed E-state index contributed by atoms with van der Waals surface area (Å²) in [6, 6.07) is 0.369. The van der Waals surface area contributed by atoms with E-state index in [4.69, 9.17) is 11.6 Å². The first kappa shape index (κ1) is 13.0. The van der Waals surface area contributed by atoms with Gasteiger partial charge in [0.15, 0.2) is 0 Å². The summed E-state index contributed by atoms with van der Waals surface area (Å²) < 4.78 is 0. The van der Waals surface area contributed by atoms with Crippen molar-refractivity contribution in [1.29, 1.82) is 0 Å². The number of halogens is 1. The molecule has 0 saturated heterocycles. The van der Waals surface area contributed by atoms with Gasteiger partial charge in [0, 0.05) is 27.2 Å². The van der Waals surface area contributed by atoms with Crippen molar-refractivity contribution in [1.82, 2.24) is 15.0 Å². The zero-order chi connectivity index (χ0) is 12.3. The minimum atomic E-state index is 0.226. The third-order valence-corrected chi connectivity index (χ3v) is 2.72. The molecule has 0 saturated carbocycles. The summed E-state index contributed by atoms with van der Waals surface area (Å²) in [6.07, 6.45) is 1.02. The molecular formula is C10H18ClN5. The maximum atomic E-state index is 5.87. The van der Waals surface area contributed by atoms with Crippen molar-refractivity contribution in [3.63, 3.8) is 0 Å². The van der Waals surface area contributed by atoms with Crippen LogP contribution in [0.25, 0.3) is 0 Å². The first-order chi connectivity index (χ1) is 7.45. The van der Waals surface area contributed by atoms with Crippen molar-refractivity contribution in [3.05, 3.63) is 5.28 Å². The summed E-state index contributed by atoms with van der Waals surface area (Å²) in [5.74, 6) is 1.18. The van der Waals surface area contributed by atoms with Gasteiger partial charge in [-0.1, -0.05) is 6.92 Å². The maximum absolute atomic E-state index is 5.87.